The van der Waals surface area contributed by atoms with E-state index in [0.29, 0.717) is 17.1 Å². The molecule has 2 rings (SSSR count). The van der Waals surface area contributed by atoms with E-state index in [4.69, 9.17) is 9.16 Å². The van der Waals surface area contributed by atoms with Crippen LogP contribution in [0, 0.1) is 12.1 Å². The Balaban J connectivity index is 2.60. The Morgan fingerprint density at radius 2 is 1.68 bits per heavy atom. The molecule has 0 bridgehead atoms. The maximum Gasteiger partial charge on any atom is 0.229 e. The minimum Gasteiger partial charge on any atom is -0.618 e. The fourth-order valence-corrected chi connectivity index (χ4v) is 3.61. The quantitative estimate of drug-likeness (QED) is 0.440. The van der Waals surface area contributed by atoms with Crippen molar-refractivity contribution in [2.45, 2.75) is 51.9 Å². The Bertz CT molecular complexity index is 724. The van der Waals surface area contributed by atoms with Gasteiger partial charge in [-0.2, -0.15) is 4.73 Å². The average molecular weight is 360 g/mol. The van der Waals surface area contributed by atoms with Crippen molar-refractivity contribution < 1.29 is 13.9 Å². The summed E-state index contributed by atoms with van der Waals surface area (Å²) in [4.78, 5) is 0. The van der Waals surface area contributed by atoms with Crippen LogP contribution in [0.1, 0.15) is 43.8 Å². The fourth-order valence-electron chi connectivity index (χ4n) is 2.41. The second-order valence-electron chi connectivity index (χ2n) is 7.92. The number of hydrogen-bond acceptors (Lipinski definition) is 3. The summed E-state index contributed by atoms with van der Waals surface area (Å²) in [7, 11) is -0.483. The summed E-state index contributed by atoms with van der Waals surface area (Å²) >= 11 is 0. The minimum absolute atomic E-state index is 0.0433. The molecule has 0 radical (unpaired) electrons. The molecule has 0 aliphatic carbocycles. The van der Waals surface area contributed by atoms with Gasteiger partial charge in [0.15, 0.2) is 20.1 Å². The van der Waals surface area contributed by atoms with Gasteiger partial charge in [0, 0.05) is 13.0 Å². The van der Waals surface area contributed by atoms with Crippen molar-refractivity contribution in [2.75, 3.05) is 7.11 Å². The van der Waals surface area contributed by atoms with E-state index in [2.05, 4.69) is 33.9 Å². The first-order valence-corrected chi connectivity index (χ1v) is 11.5. The number of methoxy groups -OCH3 is 1. The van der Waals surface area contributed by atoms with Gasteiger partial charge in [0.05, 0.1) is 13.2 Å². The predicted molar refractivity (Wildman–Crippen MR) is 103 cm³/mol. The van der Waals surface area contributed by atoms with E-state index >= 15 is 0 Å². The van der Waals surface area contributed by atoms with Gasteiger partial charge in [-0.1, -0.05) is 51.1 Å². The van der Waals surface area contributed by atoms with Gasteiger partial charge in [-0.3, -0.25) is 0 Å². The molecule has 0 N–H and O–H groups in total. The van der Waals surface area contributed by atoms with Gasteiger partial charge in [0.2, 0.25) is 5.69 Å². The molecule has 1 aromatic carbocycles. The zero-order valence-corrected chi connectivity index (χ0v) is 17.3. The Morgan fingerprint density at radius 3 is 2.20 bits per heavy atom. The first-order chi connectivity index (χ1) is 11.6. The molecule has 1 aromatic heterocycles. The lowest BCUT2D eigenvalue weighted by Crippen LogP contribution is -2.45. The number of rotatable bonds is 5. The summed E-state index contributed by atoms with van der Waals surface area (Å²) < 4.78 is 13.0. The molecular weight excluding hydrogens is 330 g/mol. The van der Waals surface area contributed by atoms with Gasteiger partial charge in [-0.05, 0) is 23.7 Å². The van der Waals surface area contributed by atoms with Crippen LogP contribution in [-0.2, 0) is 4.43 Å². The van der Waals surface area contributed by atoms with Crippen molar-refractivity contribution in [1.82, 2.24) is 0 Å². The van der Waals surface area contributed by atoms with Crippen LogP contribution in [0.2, 0.25) is 18.1 Å². The number of aryl methyl sites for hydroxylation is 1. The summed E-state index contributed by atoms with van der Waals surface area (Å²) in [5.41, 5.74) is 2.13. The summed E-state index contributed by atoms with van der Waals surface area (Å²) in [6.07, 6.45) is -0.423. The number of hydrogen-bond donors (Lipinski definition) is 0. The molecular formula is C20H29NO3Si. The van der Waals surface area contributed by atoms with Crippen LogP contribution in [0.15, 0.2) is 42.5 Å². The van der Waals surface area contributed by atoms with E-state index in [1.165, 1.54) is 0 Å². The maximum atomic E-state index is 12.8. The third-order valence-corrected chi connectivity index (χ3v) is 9.46. The molecule has 0 aliphatic rings. The second-order valence-corrected chi connectivity index (χ2v) is 12.7. The van der Waals surface area contributed by atoms with Crippen molar-refractivity contribution in [1.29, 1.82) is 0 Å². The molecule has 0 saturated heterocycles. The van der Waals surface area contributed by atoms with E-state index in [-0.39, 0.29) is 5.04 Å². The van der Waals surface area contributed by atoms with Crippen molar-refractivity contribution in [3.8, 4) is 5.75 Å². The zero-order chi connectivity index (χ0) is 18.8. The highest BCUT2D eigenvalue weighted by atomic mass is 28.4. The maximum absolute atomic E-state index is 12.8. The van der Waals surface area contributed by atoms with Crippen LogP contribution in [0.25, 0.3) is 0 Å². The zero-order valence-electron chi connectivity index (χ0n) is 16.3. The third kappa shape index (κ3) is 4.22. The van der Waals surface area contributed by atoms with Crippen LogP contribution in [0.5, 0.6) is 5.75 Å². The first-order valence-electron chi connectivity index (χ1n) is 8.57. The summed E-state index contributed by atoms with van der Waals surface area (Å²) in [5, 5.41) is 12.8. The summed E-state index contributed by atoms with van der Waals surface area (Å²) in [6, 6.07) is 13.4. The monoisotopic (exact) mass is 359 g/mol. The smallest absolute Gasteiger partial charge is 0.229 e. The highest BCUT2D eigenvalue weighted by Gasteiger charge is 2.41. The normalized spacial score (nSPS) is 13.6. The molecule has 4 nitrogen and oxygen atoms in total. The molecule has 5 heteroatoms. The molecule has 136 valence electrons. The van der Waals surface area contributed by atoms with Crippen molar-refractivity contribution in [3.63, 3.8) is 0 Å². The third-order valence-electron chi connectivity index (χ3n) is 5.02. The number of pyridine rings is 1. The van der Waals surface area contributed by atoms with E-state index in [1.807, 2.05) is 30.3 Å². The van der Waals surface area contributed by atoms with E-state index in [1.54, 1.807) is 26.2 Å². The highest BCUT2D eigenvalue weighted by Crippen LogP contribution is 2.41. The summed E-state index contributed by atoms with van der Waals surface area (Å²) in [5.74, 6) is 0.666. The largest absolute Gasteiger partial charge is 0.618 e. The van der Waals surface area contributed by atoms with Crippen LogP contribution in [0.3, 0.4) is 0 Å². The molecule has 2 aromatic rings. The number of aromatic nitrogens is 1. The minimum atomic E-state index is -2.09. The van der Waals surface area contributed by atoms with Crippen LogP contribution >= 0.6 is 0 Å². The highest BCUT2D eigenvalue weighted by molar-refractivity contribution is 6.74. The van der Waals surface area contributed by atoms with Gasteiger partial charge in [-0.15, -0.1) is 0 Å². The second kappa shape index (κ2) is 7.18. The Hall–Kier alpha value is -1.85. The molecule has 0 spiro atoms. The topological polar surface area (TPSA) is 45.4 Å². The number of nitrogens with zero attached hydrogens (tertiary/aromatic N) is 1. The molecule has 0 unspecified atom stereocenters. The number of ether oxygens (including phenoxy) is 1. The Kier molecular flexibility index (Phi) is 5.59. The fraction of sp³-hybridized carbons (Fsp3) is 0.450. The van der Waals surface area contributed by atoms with Gasteiger partial charge in [-0.25, -0.2) is 0 Å². The van der Waals surface area contributed by atoms with E-state index in [0.717, 1.165) is 10.3 Å². The van der Waals surface area contributed by atoms with Crippen LogP contribution in [-0.4, -0.2) is 15.4 Å². The Labute approximate surface area is 152 Å². The molecule has 0 fully saturated rings. The molecule has 25 heavy (non-hydrogen) atoms. The lowest BCUT2D eigenvalue weighted by atomic mass is 10.1. The molecule has 1 heterocycles. The van der Waals surface area contributed by atoms with Crippen molar-refractivity contribution in [2.24, 2.45) is 0 Å². The van der Waals surface area contributed by atoms with Gasteiger partial charge in [0.25, 0.3) is 0 Å². The standard InChI is InChI=1S/C20H29NO3Si/c1-15-13-17(23-5)14-18(21(15)22)19(16-11-9-8-10-12-16)24-25(6,7)20(2,3)4/h8-14,19H,1-7H3/t19-/m1/s1. The van der Waals surface area contributed by atoms with Crippen LogP contribution < -0.4 is 9.47 Å². The summed E-state index contributed by atoms with van der Waals surface area (Å²) in [6.45, 7) is 12.8. The first kappa shape index (κ1) is 19.5. The van der Waals surface area contributed by atoms with Gasteiger partial charge in [0.1, 0.15) is 5.75 Å². The van der Waals surface area contributed by atoms with Crippen molar-refractivity contribution >= 4 is 8.32 Å². The lowest BCUT2D eigenvalue weighted by Gasteiger charge is -2.38. The van der Waals surface area contributed by atoms with Gasteiger partial charge >= 0.3 is 0 Å². The Morgan fingerprint density at radius 1 is 1.08 bits per heavy atom. The van der Waals surface area contributed by atoms with E-state index < -0.39 is 14.4 Å². The lowest BCUT2D eigenvalue weighted by molar-refractivity contribution is -0.624. The number of benzene rings is 1. The average Bonchev–Trinajstić information content (AvgIpc) is 2.55. The SMILES string of the molecule is COc1cc(C)[n+]([O-])c([C@H](O[Si](C)(C)C(C)(C)C)c2ccccc2)c1. The molecule has 0 amide bonds. The van der Waals surface area contributed by atoms with Gasteiger partial charge < -0.3 is 14.4 Å². The molecule has 1 atom stereocenters. The molecule has 0 aliphatic heterocycles. The van der Waals surface area contributed by atoms with Crippen molar-refractivity contribution in [3.05, 3.63) is 64.6 Å². The van der Waals surface area contributed by atoms with Crippen LogP contribution in [0.4, 0.5) is 0 Å². The van der Waals surface area contributed by atoms with E-state index in [9.17, 15) is 5.21 Å². The predicted octanol–water partition coefficient (Wildman–Crippen LogP) is 4.75. The molecule has 0 saturated carbocycles.